The van der Waals surface area contributed by atoms with Gasteiger partial charge in [-0.25, -0.2) is 4.98 Å². The summed E-state index contributed by atoms with van der Waals surface area (Å²) in [7, 11) is 0. The lowest BCUT2D eigenvalue weighted by molar-refractivity contribution is -0.141. The van der Waals surface area contributed by atoms with E-state index in [1.54, 1.807) is 18.2 Å². The number of benzene rings is 1. The Morgan fingerprint density at radius 2 is 1.76 bits per heavy atom. The van der Waals surface area contributed by atoms with Crippen LogP contribution in [-0.4, -0.2) is 10.1 Å². The Bertz CT molecular complexity index is 679. The van der Waals surface area contributed by atoms with E-state index in [9.17, 15) is 18.3 Å². The van der Waals surface area contributed by atoms with Crippen molar-refractivity contribution in [2.75, 3.05) is 0 Å². The van der Waals surface area contributed by atoms with Gasteiger partial charge in [0.2, 0.25) is 0 Å². The van der Waals surface area contributed by atoms with E-state index in [1.165, 1.54) is 0 Å². The first kappa shape index (κ1) is 16.5. The van der Waals surface area contributed by atoms with Gasteiger partial charge < -0.3 is 5.11 Å². The molecule has 0 aliphatic rings. The molecule has 1 heterocycles. The normalized spacial score (nSPS) is 13.3. The lowest BCUT2D eigenvalue weighted by atomic mass is 10.0. The summed E-state index contributed by atoms with van der Waals surface area (Å²) in [4.78, 5) is 3.27. The first-order valence-electron chi connectivity index (χ1n) is 5.57. The summed E-state index contributed by atoms with van der Waals surface area (Å²) in [6.07, 6.45) is -5.88. The summed E-state index contributed by atoms with van der Waals surface area (Å²) in [5.41, 5.74) is -0.761. The minimum Gasteiger partial charge on any atom is -0.383 e. The predicted molar refractivity (Wildman–Crippen MR) is 77.5 cm³/mol. The second-order valence-corrected chi connectivity index (χ2v) is 5.71. The Hall–Kier alpha value is -0.820. The molecule has 0 aliphatic carbocycles. The number of halogens is 6. The fourth-order valence-electron chi connectivity index (χ4n) is 1.71. The van der Waals surface area contributed by atoms with Crippen LogP contribution in [0.3, 0.4) is 0 Å². The van der Waals surface area contributed by atoms with Gasteiger partial charge in [0.15, 0.2) is 0 Å². The molecule has 21 heavy (non-hydrogen) atoms. The lowest BCUT2D eigenvalue weighted by Crippen LogP contribution is -2.10. The smallest absolute Gasteiger partial charge is 0.383 e. The van der Waals surface area contributed by atoms with E-state index in [0.29, 0.717) is 10.0 Å². The minimum atomic E-state index is -4.60. The van der Waals surface area contributed by atoms with Crippen LogP contribution in [0.2, 0.25) is 10.2 Å². The van der Waals surface area contributed by atoms with E-state index in [2.05, 4.69) is 20.9 Å². The number of aromatic nitrogens is 1. The van der Waals surface area contributed by atoms with Crippen molar-refractivity contribution in [3.63, 3.8) is 0 Å². The fraction of sp³-hybridized carbons (Fsp3) is 0.154. The third-order valence-corrected chi connectivity index (χ3v) is 4.35. The van der Waals surface area contributed by atoms with Crippen LogP contribution in [0.25, 0.3) is 0 Å². The van der Waals surface area contributed by atoms with E-state index in [-0.39, 0.29) is 10.6 Å². The standard InChI is InChI=1S/C13H7BrCl2F3NO/c14-8-3-1-2-6(10(8)15)11(21)7-4-5-9(13(17,18)19)20-12(7)16/h1-5,11,21H. The molecule has 0 radical (unpaired) electrons. The van der Waals surface area contributed by atoms with Crippen molar-refractivity contribution in [3.05, 3.63) is 61.8 Å². The molecule has 0 saturated carbocycles. The Morgan fingerprint density at radius 3 is 2.33 bits per heavy atom. The highest BCUT2D eigenvalue weighted by Gasteiger charge is 2.33. The van der Waals surface area contributed by atoms with Crippen molar-refractivity contribution in [2.45, 2.75) is 12.3 Å². The molecule has 112 valence electrons. The quantitative estimate of drug-likeness (QED) is 0.698. The molecule has 0 amide bonds. The van der Waals surface area contributed by atoms with E-state index in [0.717, 1.165) is 12.1 Å². The maximum absolute atomic E-state index is 12.5. The fourth-order valence-corrected chi connectivity index (χ4v) is 2.57. The molecule has 2 nitrogen and oxygen atoms in total. The molecule has 0 fully saturated rings. The van der Waals surface area contributed by atoms with Crippen molar-refractivity contribution in [3.8, 4) is 0 Å². The molecule has 0 saturated heterocycles. The largest absolute Gasteiger partial charge is 0.433 e. The van der Waals surface area contributed by atoms with Gasteiger partial charge in [-0.2, -0.15) is 13.2 Å². The van der Waals surface area contributed by atoms with Crippen molar-refractivity contribution >= 4 is 39.1 Å². The highest BCUT2D eigenvalue weighted by atomic mass is 79.9. The minimum absolute atomic E-state index is 0.0460. The number of hydrogen-bond donors (Lipinski definition) is 1. The van der Waals surface area contributed by atoms with Gasteiger partial charge in [0.25, 0.3) is 0 Å². The van der Waals surface area contributed by atoms with Crippen LogP contribution >= 0.6 is 39.1 Å². The van der Waals surface area contributed by atoms with Crippen LogP contribution < -0.4 is 0 Å². The van der Waals surface area contributed by atoms with Gasteiger partial charge in [-0.3, -0.25) is 0 Å². The van der Waals surface area contributed by atoms with Crippen LogP contribution in [0, 0.1) is 0 Å². The van der Waals surface area contributed by atoms with Crippen molar-refractivity contribution in [1.29, 1.82) is 0 Å². The van der Waals surface area contributed by atoms with Gasteiger partial charge in [-0.05, 0) is 28.1 Å². The third kappa shape index (κ3) is 3.51. The molecule has 0 bridgehead atoms. The SMILES string of the molecule is OC(c1ccc(C(F)(F)F)nc1Cl)c1cccc(Br)c1Cl. The first-order valence-corrected chi connectivity index (χ1v) is 7.12. The molecule has 0 aliphatic heterocycles. The number of alkyl halides is 3. The van der Waals surface area contributed by atoms with Gasteiger partial charge in [0.05, 0.1) is 5.02 Å². The summed E-state index contributed by atoms with van der Waals surface area (Å²) in [6, 6.07) is 6.70. The topological polar surface area (TPSA) is 33.1 Å². The second kappa shape index (κ2) is 6.12. The Kier molecular flexibility index (Phi) is 4.82. The van der Waals surface area contributed by atoms with E-state index in [1.807, 2.05) is 0 Å². The Labute approximate surface area is 136 Å². The van der Waals surface area contributed by atoms with Crippen LogP contribution in [-0.2, 0) is 6.18 Å². The first-order chi connectivity index (χ1) is 9.71. The van der Waals surface area contributed by atoms with Crippen LogP contribution in [0.4, 0.5) is 13.2 Å². The van der Waals surface area contributed by atoms with E-state index < -0.39 is 23.1 Å². The molecule has 1 aromatic carbocycles. The third-order valence-electron chi connectivity index (χ3n) is 2.74. The van der Waals surface area contributed by atoms with E-state index >= 15 is 0 Å². The molecule has 2 rings (SSSR count). The molecule has 1 unspecified atom stereocenters. The number of nitrogens with zero attached hydrogens (tertiary/aromatic N) is 1. The number of hydrogen-bond acceptors (Lipinski definition) is 2. The van der Waals surface area contributed by atoms with Gasteiger partial charge in [0, 0.05) is 15.6 Å². The lowest BCUT2D eigenvalue weighted by Gasteiger charge is -2.16. The number of pyridine rings is 1. The molecule has 8 heteroatoms. The molecule has 1 atom stereocenters. The van der Waals surface area contributed by atoms with Crippen LogP contribution in [0.5, 0.6) is 0 Å². The monoisotopic (exact) mass is 399 g/mol. The summed E-state index contributed by atoms with van der Waals surface area (Å²) in [5.74, 6) is 0. The molecular weight excluding hydrogens is 394 g/mol. The maximum atomic E-state index is 12.5. The average Bonchev–Trinajstić information content (AvgIpc) is 2.40. The second-order valence-electron chi connectivity index (χ2n) is 4.12. The zero-order valence-corrected chi connectivity index (χ0v) is 13.2. The maximum Gasteiger partial charge on any atom is 0.433 e. The zero-order chi connectivity index (χ0) is 15.8. The predicted octanol–water partition coefficient (Wildman–Crippen LogP) is 5.25. The highest BCUT2D eigenvalue weighted by molar-refractivity contribution is 9.10. The van der Waals surface area contributed by atoms with Crippen LogP contribution in [0.15, 0.2) is 34.8 Å². The van der Waals surface area contributed by atoms with Crippen molar-refractivity contribution in [1.82, 2.24) is 4.98 Å². The summed E-state index contributed by atoms with van der Waals surface area (Å²) >= 11 is 15.0. The molecule has 0 spiro atoms. The van der Waals surface area contributed by atoms with Gasteiger partial charge in [0.1, 0.15) is 17.0 Å². The number of aliphatic hydroxyl groups excluding tert-OH is 1. The summed E-state index contributed by atoms with van der Waals surface area (Å²) in [5, 5.41) is 10.1. The molecule has 1 aromatic heterocycles. The number of aliphatic hydroxyl groups is 1. The summed E-state index contributed by atoms with van der Waals surface area (Å²) in [6.45, 7) is 0. The van der Waals surface area contributed by atoms with Gasteiger partial charge >= 0.3 is 6.18 Å². The van der Waals surface area contributed by atoms with Gasteiger partial charge in [-0.15, -0.1) is 0 Å². The molecular formula is C13H7BrCl2F3NO. The zero-order valence-electron chi connectivity index (χ0n) is 10.1. The van der Waals surface area contributed by atoms with Crippen LogP contribution in [0.1, 0.15) is 22.9 Å². The summed E-state index contributed by atoms with van der Waals surface area (Å²) < 4.78 is 38.1. The average molecular weight is 401 g/mol. The molecule has 1 N–H and O–H groups in total. The Balaban J connectivity index is 2.45. The van der Waals surface area contributed by atoms with Crippen molar-refractivity contribution in [2.24, 2.45) is 0 Å². The van der Waals surface area contributed by atoms with Gasteiger partial charge in [-0.1, -0.05) is 41.4 Å². The van der Waals surface area contributed by atoms with E-state index in [4.69, 9.17) is 23.2 Å². The Morgan fingerprint density at radius 1 is 1.10 bits per heavy atom. The van der Waals surface area contributed by atoms with Crippen molar-refractivity contribution < 1.29 is 18.3 Å². The molecule has 2 aromatic rings. The number of rotatable bonds is 2. The highest BCUT2D eigenvalue weighted by Crippen LogP contribution is 2.36.